The molecule has 3 heteroatoms. The second-order valence-electron chi connectivity index (χ2n) is 2.25. The predicted octanol–water partition coefficient (Wildman–Crippen LogP) is 1.19. The molecule has 0 fully saturated rings. The van der Waals surface area contributed by atoms with Crippen LogP contribution in [0, 0.1) is 11.3 Å². The molecule has 0 saturated carbocycles. The van der Waals surface area contributed by atoms with Crippen molar-refractivity contribution in [3.63, 3.8) is 0 Å². The van der Waals surface area contributed by atoms with Crippen molar-refractivity contribution in [2.45, 2.75) is 12.8 Å². The molecule has 0 rings (SSSR count). The van der Waals surface area contributed by atoms with E-state index in [0.29, 0.717) is 12.8 Å². The zero-order chi connectivity index (χ0) is 7.82. The number of hydrogen-bond donors (Lipinski definition) is 0. The van der Waals surface area contributed by atoms with E-state index >= 15 is 0 Å². The maximum atomic E-state index is 11.6. The summed E-state index contributed by atoms with van der Waals surface area (Å²) in [7, 11) is 1.90. The molecule has 0 aliphatic heterocycles. The van der Waals surface area contributed by atoms with E-state index in [1.165, 1.54) is 0 Å². The van der Waals surface area contributed by atoms with E-state index in [9.17, 15) is 4.39 Å². The molecule has 0 aliphatic carbocycles. The minimum Gasteiger partial charge on any atom is -0.305 e. The first-order valence-corrected chi connectivity index (χ1v) is 3.42. The molecule has 0 aromatic heterocycles. The van der Waals surface area contributed by atoms with Gasteiger partial charge in [0.05, 0.1) is 12.7 Å². The third-order valence-corrected chi connectivity index (χ3v) is 1.28. The number of nitriles is 1. The Balaban J connectivity index is 3.10. The maximum Gasteiger partial charge on any atom is 0.0906 e. The molecule has 0 atom stereocenters. The molecule has 0 amide bonds. The lowest BCUT2D eigenvalue weighted by atomic mass is 10.4. The standard InChI is InChI=1S/C7H13FN2/c1-10(6-2-4-8)7-3-5-9/h2-4,6-7H2,1H3. The second kappa shape index (κ2) is 6.50. The van der Waals surface area contributed by atoms with E-state index in [4.69, 9.17) is 5.26 Å². The summed E-state index contributed by atoms with van der Waals surface area (Å²) in [6.07, 6.45) is 1.10. The van der Waals surface area contributed by atoms with Gasteiger partial charge in [0.2, 0.25) is 0 Å². The lowest BCUT2D eigenvalue weighted by Crippen LogP contribution is -2.20. The number of hydrogen-bond acceptors (Lipinski definition) is 2. The van der Waals surface area contributed by atoms with Gasteiger partial charge in [-0.15, -0.1) is 0 Å². The van der Waals surface area contributed by atoms with Gasteiger partial charge in [-0.1, -0.05) is 0 Å². The Morgan fingerprint density at radius 2 is 2.20 bits per heavy atom. The number of halogens is 1. The summed E-state index contributed by atoms with van der Waals surface area (Å²) in [5.41, 5.74) is 0. The molecule has 0 unspecified atom stereocenters. The highest BCUT2D eigenvalue weighted by atomic mass is 19.1. The highest BCUT2D eigenvalue weighted by Crippen LogP contribution is 1.89. The van der Waals surface area contributed by atoms with Gasteiger partial charge in [0.25, 0.3) is 0 Å². The van der Waals surface area contributed by atoms with Crippen LogP contribution in [0.25, 0.3) is 0 Å². The Kier molecular flexibility index (Phi) is 6.10. The fourth-order valence-corrected chi connectivity index (χ4v) is 0.682. The molecule has 58 valence electrons. The van der Waals surface area contributed by atoms with Gasteiger partial charge in [0, 0.05) is 19.5 Å². The van der Waals surface area contributed by atoms with Gasteiger partial charge in [-0.3, -0.25) is 4.39 Å². The van der Waals surface area contributed by atoms with E-state index < -0.39 is 0 Å². The summed E-state index contributed by atoms with van der Waals surface area (Å²) < 4.78 is 11.6. The van der Waals surface area contributed by atoms with Crippen LogP contribution in [-0.4, -0.2) is 31.7 Å². The van der Waals surface area contributed by atoms with Gasteiger partial charge < -0.3 is 4.90 Å². The third-order valence-electron chi connectivity index (χ3n) is 1.28. The Morgan fingerprint density at radius 1 is 1.50 bits per heavy atom. The van der Waals surface area contributed by atoms with Crippen LogP contribution in [0.2, 0.25) is 0 Å². The van der Waals surface area contributed by atoms with Crippen molar-refractivity contribution in [2.75, 3.05) is 26.8 Å². The maximum absolute atomic E-state index is 11.6. The molecule has 0 saturated heterocycles. The van der Waals surface area contributed by atoms with Gasteiger partial charge in [0.15, 0.2) is 0 Å². The van der Waals surface area contributed by atoms with Crippen LogP contribution in [0.5, 0.6) is 0 Å². The lowest BCUT2D eigenvalue weighted by molar-refractivity contribution is 0.315. The Hall–Kier alpha value is -0.620. The minimum atomic E-state index is -0.267. The molecule has 2 nitrogen and oxygen atoms in total. The second-order valence-corrected chi connectivity index (χ2v) is 2.25. The smallest absolute Gasteiger partial charge is 0.0906 e. The average molecular weight is 144 g/mol. The van der Waals surface area contributed by atoms with Crippen LogP contribution >= 0.6 is 0 Å². The zero-order valence-electron chi connectivity index (χ0n) is 6.31. The first-order valence-electron chi connectivity index (χ1n) is 3.42. The van der Waals surface area contributed by atoms with Crippen LogP contribution in [0.15, 0.2) is 0 Å². The molecular weight excluding hydrogens is 131 g/mol. The number of alkyl halides is 1. The van der Waals surface area contributed by atoms with Gasteiger partial charge in [-0.05, 0) is 13.5 Å². The summed E-state index contributed by atoms with van der Waals surface area (Å²) >= 11 is 0. The molecule has 0 spiro atoms. The van der Waals surface area contributed by atoms with E-state index in [1.54, 1.807) is 0 Å². The molecule has 0 radical (unpaired) electrons. The van der Waals surface area contributed by atoms with Crippen molar-refractivity contribution in [1.82, 2.24) is 4.90 Å². The summed E-state index contributed by atoms with van der Waals surface area (Å²) in [6.45, 7) is 1.23. The van der Waals surface area contributed by atoms with Crippen LogP contribution < -0.4 is 0 Å². The van der Waals surface area contributed by atoms with Crippen molar-refractivity contribution in [3.05, 3.63) is 0 Å². The largest absolute Gasteiger partial charge is 0.305 e. The van der Waals surface area contributed by atoms with Crippen LogP contribution in [-0.2, 0) is 0 Å². The van der Waals surface area contributed by atoms with Crippen LogP contribution in [0.1, 0.15) is 12.8 Å². The summed E-state index contributed by atoms with van der Waals surface area (Å²) in [5, 5.41) is 8.19. The average Bonchev–Trinajstić information content (AvgIpc) is 1.97. The van der Waals surface area contributed by atoms with Crippen molar-refractivity contribution >= 4 is 0 Å². The van der Waals surface area contributed by atoms with Crippen molar-refractivity contribution in [1.29, 1.82) is 5.26 Å². The zero-order valence-corrected chi connectivity index (χ0v) is 6.31. The number of nitrogens with zero attached hydrogens (tertiary/aromatic N) is 2. The van der Waals surface area contributed by atoms with Crippen molar-refractivity contribution < 1.29 is 4.39 Å². The molecule has 0 aliphatic rings. The monoisotopic (exact) mass is 144 g/mol. The normalized spacial score (nSPS) is 9.80. The molecule has 0 aromatic rings. The third kappa shape index (κ3) is 5.52. The highest BCUT2D eigenvalue weighted by Gasteiger charge is 1.95. The quantitative estimate of drug-likeness (QED) is 0.579. The van der Waals surface area contributed by atoms with E-state index in [-0.39, 0.29) is 6.67 Å². The molecular formula is C7H13FN2. The molecule has 0 N–H and O–H groups in total. The SMILES string of the molecule is CN(CCC#N)CCCF. The van der Waals surface area contributed by atoms with E-state index in [0.717, 1.165) is 13.1 Å². The minimum absolute atomic E-state index is 0.267. The van der Waals surface area contributed by atoms with Crippen molar-refractivity contribution in [3.8, 4) is 6.07 Å². The lowest BCUT2D eigenvalue weighted by Gasteiger charge is -2.12. The van der Waals surface area contributed by atoms with Crippen molar-refractivity contribution in [2.24, 2.45) is 0 Å². The van der Waals surface area contributed by atoms with E-state index in [2.05, 4.69) is 0 Å². The van der Waals surface area contributed by atoms with Crippen LogP contribution in [0.4, 0.5) is 4.39 Å². The van der Waals surface area contributed by atoms with Gasteiger partial charge in [-0.2, -0.15) is 5.26 Å². The fraction of sp³-hybridized carbons (Fsp3) is 0.857. The van der Waals surface area contributed by atoms with Crippen LogP contribution in [0.3, 0.4) is 0 Å². The summed E-state index contributed by atoms with van der Waals surface area (Å²) in [5.74, 6) is 0. The topological polar surface area (TPSA) is 27.0 Å². The first kappa shape index (κ1) is 9.38. The number of rotatable bonds is 5. The Morgan fingerprint density at radius 3 is 2.70 bits per heavy atom. The molecule has 0 aromatic carbocycles. The highest BCUT2D eigenvalue weighted by molar-refractivity contribution is 4.70. The molecule has 10 heavy (non-hydrogen) atoms. The van der Waals surface area contributed by atoms with Gasteiger partial charge in [-0.25, -0.2) is 0 Å². The fourth-order valence-electron chi connectivity index (χ4n) is 0.682. The molecule has 0 bridgehead atoms. The van der Waals surface area contributed by atoms with Gasteiger partial charge >= 0.3 is 0 Å². The van der Waals surface area contributed by atoms with Gasteiger partial charge in [0.1, 0.15) is 0 Å². The summed E-state index contributed by atoms with van der Waals surface area (Å²) in [6, 6.07) is 2.04. The Bertz CT molecular complexity index is 109. The first-order chi connectivity index (χ1) is 4.81. The Labute approximate surface area is 61.2 Å². The van der Waals surface area contributed by atoms with E-state index in [1.807, 2.05) is 18.0 Å². The predicted molar refractivity (Wildman–Crippen MR) is 38.3 cm³/mol. The summed E-state index contributed by atoms with van der Waals surface area (Å²) in [4.78, 5) is 1.96. The molecule has 0 heterocycles.